The van der Waals surface area contributed by atoms with E-state index in [2.05, 4.69) is 27.6 Å². The predicted octanol–water partition coefficient (Wildman–Crippen LogP) is 5.29. The van der Waals surface area contributed by atoms with Gasteiger partial charge in [-0.15, -0.1) is 0 Å². The summed E-state index contributed by atoms with van der Waals surface area (Å²) in [5, 5.41) is 6.72. The van der Waals surface area contributed by atoms with Crippen LogP contribution in [0, 0.1) is 6.92 Å². The van der Waals surface area contributed by atoms with E-state index >= 15 is 0 Å². The molecule has 1 saturated heterocycles. The van der Waals surface area contributed by atoms with Gasteiger partial charge in [0.2, 0.25) is 5.88 Å². The molecule has 1 atom stereocenters. The molecule has 9 heteroatoms. The molecule has 4 aromatic rings. The molecule has 0 aliphatic carbocycles. The van der Waals surface area contributed by atoms with E-state index in [0.29, 0.717) is 65.7 Å². The number of aromatic nitrogens is 1. The Bertz CT molecular complexity index is 1620. The molecule has 3 heterocycles. The summed E-state index contributed by atoms with van der Waals surface area (Å²) in [5.41, 5.74) is 3.75. The van der Waals surface area contributed by atoms with Gasteiger partial charge in [0.05, 0.1) is 5.52 Å². The summed E-state index contributed by atoms with van der Waals surface area (Å²) in [7, 11) is 2.12. The number of fused-ring (bicyclic) bond motifs is 2. The first kappa shape index (κ1) is 26.6. The quantitative estimate of drug-likeness (QED) is 0.321. The zero-order valence-corrected chi connectivity index (χ0v) is 23.1. The summed E-state index contributed by atoms with van der Waals surface area (Å²) in [4.78, 5) is 33.0. The average molecular weight is 553 g/mol. The highest BCUT2D eigenvalue weighted by Gasteiger charge is 2.21. The fraction of sp³-hybridized carbons (Fsp3) is 0.281. The Balaban J connectivity index is 1.12. The van der Waals surface area contributed by atoms with E-state index in [1.54, 1.807) is 36.4 Å². The number of carbonyl (C=O) groups is 2. The highest BCUT2D eigenvalue weighted by molar-refractivity contribution is 6.08. The largest absolute Gasteiger partial charge is 0.486 e. The number of likely N-dealkylation sites (tertiary alicyclic amines) is 1. The first-order valence-corrected chi connectivity index (χ1v) is 13.8. The van der Waals surface area contributed by atoms with Crippen molar-refractivity contribution in [1.29, 1.82) is 0 Å². The highest BCUT2D eigenvalue weighted by Crippen LogP contribution is 2.31. The van der Waals surface area contributed by atoms with E-state index in [1.165, 1.54) is 6.42 Å². The Morgan fingerprint density at radius 1 is 0.927 bits per heavy atom. The van der Waals surface area contributed by atoms with Gasteiger partial charge in [0.1, 0.15) is 19.8 Å². The molecule has 2 aliphatic rings. The van der Waals surface area contributed by atoms with Crippen LogP contribution >= 0.6 is 0 Å². The van der Waals surface area contributed by atoms with Crippen molar-refractivity contribution in [2.45, 2.75) is 25.8 Å². The minimum atomic E-state index is -0.288. The van der Waals surface area contributed by atoms with Crippen LogP contribution < -0.4 is 24.8 Å². The lowest BCUT2D eigenvalue weighted by Crippen LogP contribution is -2.30. The smallest absolute Gasteiger partial charge is 0.255 e. The fourth-order valence-corrected chi connectivity index (χ4v) is 5.12. The number of hydrogen-bond donors (Lipinski definition) is 2. The van der Waals surface area contributed by atoms with Crippen molar-refractivity contribution in [1.82, 2.24) is 9.88 Å². The summed E-state index contributed by atoms with van der Waals surface area (Å²) in [6, 6.07) is 20.1. The van der Waals surface area contributed by atoms with Gasteiger partial charge in [-0.25, -0.2) is 4.98 Å². The number of anilines is 2. The molecular weight excluding hydrogens is 520 g/mol. The van der Waals surface area contributed by atoms with Crippen LogP contribution in [-0.4, -0.2) is 61.2 Å². The second-order valence-corrected chi connectivity index (χ2v) is 10.4. The number of carbonyl (C=O) groups excluding carboxylic acids is 2. The predicted molar refractivity (Wildman–Crippen MR) is 157 cm³/mol. The van der Waals surface area contributed by atoms with Crippen molar-refractivity contribution in [3.63, 3.8) is 0 Å². The van der Waals surface area contributed by atoms with Crippen LogP contribution in [0.3, 0.4) is 0 Å². The van der Waals surface area contributed by atoms with Gasteiger partial charge in [0.25, 0.3) is 11.8 Å². The monoisotopic (exact) mass is 552 g/mol. The minimum Gasteiger partial charge on any atom is -0.486 e. The number of pyridine rings is 1. The van der Waals surface area contributed by atoms with Crippen LogP contribution in [0.15, 0.2) is 66.7 Å². The Morgan fingerprint density at radius 3 is 2.54 bits per heavy atom. The van der Waals surface area contributed by atoms with Crippen molar-refractivity contribution >= 4 is 34.1 Å². The maximum Gasteiger partial charge on any atom is 0.255 e. The second-order valence-electron chi connectivity index (χ2n) is 10.4. The first-order chi connectivity index (χ1) is 19.9. The molecular formula is C32H32N4O5. The van der Waals surface area contributed by atoms with E-state index in [0.717, 1.165) is 29.4 Å². The molecule has 0 radical (unpaired) electrons. The third-order valence-electron chi connectivity index (χ3n) is 7.57. The summed E-state index contributed by atoms with van der Waals surface area (Å²) >= 11 is 0. The SMILES string of the molecule is Cc1ccc(NC(=O)c2ccc3c(c2)OCCO3)cc1NC(=O)c1ccc2nc(OCC3CCCN3C)ccc2c1. The molecule has 2 amide bonds. The van der Waals surface area contributed by atoms with Gasteiger partial charge in [0, 0.05) is 40.0 Å². The normalized spacial score (nSPS) is 16.4. The standard InChI is InChI=1S/C32H32N4O5/c1-20-5-9-24(33-31(37)23-7-11-28-29(17-23)40-15-14-39-28)18-27(20)35-32(38)22-6-10-26-21(16-22)8-12-30(34-26)41-19-25-4-3-13-36(25)2/h5-12,16-18,25H,3-4,13-15,19H2,1-2H3,(H,33,37)(H,35,38). The summed E-state index contributed by atoms with van der Waals surface area (Å²) < 4.78 is 17.1. The average Bonchev–Trinajstić information content (AvgIpc) is 3.41. The van der Waals surface area contributed by atoms with Crippen LogP contribution in [0.5, 0.6) is 17.4 Å². The third kappa shape index (κ3) is 5.95. The molecule has 2 N–H and O–H groups in total. The molecule has 1 fully saturated rings. The van der Waals surface area contributed by atoms with Gasteiger partial charge in [-0.3, -0.25) is 9.59 Å². The molecule has 210 valence electrons. The minimum absolute atomic E-state index is 0.255. The van der Waals surface area contributed by atoms with Gasteiger partial charge in [-0.05, 0) is 93.5 Å². The molecule has 0 saturated carbocycles. The molecule has 1 aromatic heterocycles. The first-order valence-electron chi connectivity index (χ1n) is 13.8. The van der Waals surface area contributed by atoms with E-state index in [-0.39, 0.29) is 11.8 Å². The number of nitrogens with one attached hydrogen (secondary N) is 2. The van der Waals surface area contributed by atoms with Gasteiger partial charge < -0.3 is 29.7 Å². The van der Waals surface area contributed by atoms with Crippen molar-refractivity contribution in [2.75, 3.05) is 44.0 Å². The topological polar surface area (TPSA) is 102 Å². The van der Waals surface area contributed by atoms with Crippen LogP contribution in [0.1, 0.15) is 39.1 Å². The molecule has 2 aliphatic heterocycles. The van der Waals surface area contributed by atoms with Gasteiger partial charge in [0.15, 0.2) is 11.5 Å². The number of amides is 2. The number of ether oxygens (including phenoxy) is 3. The molecule has 0 spiro atoms. The molecule has 3 aromatic carbocycles. The van der Waals surface area contributed by atoms with Crippen LogP contribution in [0.4, 0.5) is 11.4 Å². The van der Waals surface area contributed by atoms with E-state index in [4.69, 9.17) is 14.2 Å². The zero-order valence-electron chi connectivity index (χ0n) is 23.1. The number of nitrogens with zero attached hydrogens (tertiary/aromatic N) is 2. The number of aryl methyl sites for hydroxylation is 1. The van der Waals surface area contributed by atoms with Crippen LogP contribution in [0.25, 0.3) is 10.9 Å². The lowest BCUT2D eigenvalue weighted by Gasteiger charge is -2.19. The Morgan fingerprint density at radius 2 is 1.71 bits per heavy atom. The number of rotatable bonds is 7. The van der Waals surface area contributed by atoms with Crippen LogP contribution in [0.2, 0.25) is 0 Å². The van der Waals surface area contributed by atoms with Gasteiger partial charge in [-0.1, -0.05) is 6.07 Å². The van der Waals surface area contributed by atoms with Gasteiger partial charge in [-0.2, -0.15) is 0 Å². The molecule has 1 unspecified atom stereocenters. The Kier molecular flexibility index (Phi) is 7.43. The van der Waals surface area contributed by atoms with E-state index < -0.39 is 0 Å². The van der Waals surface area contributed by atoms with Crippen molar-refractivity contribution in [2.24, 2.45) is 0 Å². The van der Waals surface area contributed by atoms with Crippen molar-refractivity contribution < 1.29 is 23.8 Å². The molecule has 9 nitrogen and oxygen atoms in total. The van der Waals surface area contributed by atoms with Crippen molar-refractivity contribution in [3.8, 4) is 17.4 Å². The fourth-order valence-electron chi connectivity index (χ4n) is 5.12. The Hall–Kier alpha value is -4.63. The summed E-state index contributed by atoms with van der Waals surface area (Å²) in [6.07, 6.45) is 2.33. The number of hydrogen-bond acceptors (Lipinski definition) is 7. The van der Waals surface area contributed by atoms with Crippen LogP contribution in [-0.2, 0) is 0 Å². The Labute approximate surface area is 238 Å². The maximum absolute atomic E-state index is 13.2. The summed E-state index contributed by atoms with van der Waals surface area (Å²) in [5.74, 6) is 1.21. The highest BCUT2D eigenvalue weighted by atomic mass is 16.6. The van der Waals surface area contributed by atoms with E-state index in [9.17, 15) is 9.59 Å². The van der Waals surface area contributed by atoms with E-state index in [1.807, 2.05) is 37.3 Å². The van der Waals surface area contributed by atoms with Crippen molar-refractivity contribution in [3.05, 3.63) is 83.4 Å². The number of likely N-dealkylation sites (N-methyl/N-ethyl adjacent to an activating group) is 1. The van der Waals surface area contributed by atoms with Gasteiger partial charge >= 0.3 is 0 Å². The lowest BCUT2D eigenvalue weighted by atomic mass is 10.1. The molecule has 0 bridgehead atoms. The third-order valence-corrected chi connectivity index (χ3v) is 7.57. The molecule has 41 heavy (non-hydrogen) atoms. The zero-order chi connectivity index (χ0) is 28.3. The molecule has 6 rings (SSSR count). The lowest BCUT2D eigenvalue weighted by molar-refractivity contribution is 0.101. The second kappa shape index (κ2) is 11.5. The summed E-state index contributed by atoms with van der Waals surface area (Å²) in [6.45, 7) is 4.55. The maximum atomic E-state index is 13.2. The number of benzene rings is 3.